The normalized spacial score (nSPS) is 34.9. The van der Waals surface area contributed by atoms with E-state index < -0.39 is 30.2 Å². The molecule has 0 unspecified atom stereocenters. The first kappa shape index (κ1) is 10.3. The number of rotatable bonds is 1. The minimum Gasteiger partial charge on any atom is -0.480 e. The lowest BCUT2D eigenvalue weighted by atomic mass is 9.94. The number of hydrogen-bond donors (Lipinski definition) is 3. The van der Waals surface area contributed by atoms with E-state index in [4.69, 9.17) is 10.2 Å². The van der Waals surface area contributed by atoms with Crippen LogP contribution < -0.4 is 5.32 Å². The molecule has 0 spiro atoms. The fourth-order valence-electron chi connectivity index (χ4n) is 1.32. The molecule has 0 aromatic rings. The Labute approximate surface area is 71.4 Å². The number of nitrogens with one attached hydrogen (secondary N) is 1. The number of hydrogen-bond acceptors (Lipinski definition) is 3. The van der Waals surface area contributed by atoms with Crippen LogP contribution in [0.15, 0.2) is 0 Å². The van der Waals surface area contributed by atoms with Gasteiger partial charge < -0.3 is 15.5 Å². The molecular formula is C6H8F3NO3. The van der Waals surface area contributed by atoms with Crippen molar-refractivity contribution in [2.75, 3.05) is 6.54 Å². The van der Waals surface area contributed by atoms with E-state index in [2.05, 4.69) is 5.32 Å². The van der Waals surface area contributed by atoms with Crippen LogP contribution in [-0.4, -0.2) is 40.5 Å². The summed E-state index contributed by atoms with van der Waals surface area (Å²) in [5.74, 6) is -1.70. The molecular weight excluding hydrogens is 191 g/mol. The second-order valence-electron chi connectivity index (χ2n) is 2.90. The van der Waals surface area contributed by atoms with Gasteiger partial charge in [0.15, 0.2) is 5.60 Å². The summed E-state index contributed by atoms with van der Waals surface area (Å²) < 4.78 is 36.6. The summed E-state index contributed by atoms with van der Waals surface area (Å²) in [6.45, 7) is -0.160. The Morgan fingerprint density at radius 1 is 1.54 bits per heavy atom. The van der Waals surface area contributed by atoms with E-state index in [9.17, 15) is 18.0 Å². The Morgan fingerprint density at radius 3 is 2.38 bits per heavy atom. The summed E-state index contributed by atoms with van der Waals surface area (Å²) in [6, 6.07) is -1.97. The predicted octanol–water partition coefficient (Wildman–Crippen LogP) is -0.274. The van der Waals surface area contributed by atoms with Gasteiger partial charge in [-0.3, -0.25) is 4.79 Å². The zero-order valence-electron chi connectivity index (χ0n) is 6.43. The molecule has 0 aromatic heterocycles. The van der Waals surface area contributed by atoms with Crippen LogP contribution in [0, 0.1) is 0 Å². The molecule has 0 aliphatic carbocycles. The van der Waals surface area contributed by atoms with Crippen molar-refractivity contribution in [3.05, 3.63) is 0 Å². The number of halogens is 3. The number of alkyl halides is 3. The standard InChI is InChI=1S/C6H8F3NO3/c7-6(8,9)5(13)1-2-10-3(5)4(11)12/h3,10,13H,1-2H2,(H,11,12)/t3-,5+/m0/s1. The summed E-state index contributed by atoms with van der Waals surface area (Å²) in [6.07, 6.45) is -5.55. The molecule has 1 rings (SSSR count). The Kier molecular flexibility index (Phi) is 2.25. The van der Waals surface area contributed by atoms with E-state index in [0.717, 1.165) is 0 Å². The molecule has 0 saturated carbocycles. The van der Waals surface area contributed by atoms with Crippen LogP contribution in [0.1, 0.15) is 6.42 Å². The highest BCUT2D eigenvalue weighted by Crippen LogP contribution is 2.38. The first-order chi connectivity index (χ1) is 5.79. The van der Waals surface area contributed by atoms with Crippen molar-refractivity contribution in [1.29, 1.82) is 0 Å². The van der Waals surface area contributed by atoms with Gasteiger partial charge in [-0.25, -0.2) is 0 Å². The molecule has 13 heavy (non-hydrogen) atoms. The molecule has 76 valence electrons. The fraction of sp³-hybridized carbons (Fsp3) is 0.833. The monoisotopic (exact) mass is 199 g/mol. The number of aliphatic carboxylic acids is 1. The lowest BCUT2D eigenvalue weighted by molar-refractivity contribution is -0.262. The quantitative estimate of drug-likeness (QED) is 0.543. The summed E-state index contributed by atoms with van der Waals surface area (Å²) in [4.78, 5) is 10.3. The Balaban J connectivity index is 2.95. The minimum atomic E-state index is -4.92. The van der Waals surface area contributed by atoms with Gasteiger partial charge in [0.2, 0.25) is 0 Å². The van der Waals surface area contributed by atoms with Gasteiger partial charge in [-0.15, -0.1) is 0 Å². The lowest BCUT2D eigenvalue weighted by Gasteiger charge is -2.28. The van der Waals surface area contributed by atoms with E-state index in [-0.39, 0.29) is 6.54 Å². The van der Waals surface area contributed by atoms with E-state index >= 15 is 0 Å². The molecule has 0 aromatic carbocycles. The summed E-state index contributed by atoms with van der Waals surface area (Å²) in [5.41, 5.74) is -3.14. The van der Waals surface area contributed by atoms with Crippen molar-refractivity contribution >= 4 is 5.97 Å². The van der Waals surface area contributed by atoms with Gasteiger partial charge in [-0.2, -0.15) is 13.2 Å². The van der Waals surface area contributed by atoms with E-state index in [1.165, 1.54) is 0 Å². The molecule has 2 atom stereocenters. The molecule has 4 nitrogen and oxygen atoms in total. The Bertz CT molecular complexity index is 230. The van der Waals surface area contributed by atoms with E-state index in [1.807, 2.05) is 0 Å². The van der Waals surface area contributed by atoms with Crippen LogP contribution in [0.3, 0.4) is 0 Å². The number of carboxylic acid groups (broad SMARTS) is 1. The van der Waals surface area contributed by atoms with Crippen molar-refractivity contribution in [2.45, 2.75) is 24.2 Å². The maximum atomic E-state index is 12.2. The maximum absolute atomic E-state index is 12.2. The van der Waals surface area contributed by atoms with Gasteiger partial charge in [0.05, 0.1) is 0 Å². The van der Waals surface area contributed by atoms with Gasteiger partial charge >= 0.3 is 12.1 Å². The Hall–Kier alpha value is -0.820. The summed E-state index contributed by atoms with van der Waals surface area (Å²) in [7, 11) is 0. The number of carboxylic acids is 1. The highest BCUT2D eigenvalue weighted by atomic mass is 19.4. The number of aliphatic hydroxyl groups is 1. The summed E-state index contributed by atoms with van der Waals surface area (Å²) >= 11 is 0. The van der Waals surface area contributed by atoms with Crippen LogP contribution >= 0.6 is 0 Å². The van der Waals surface area contributed by atoms with Gasteiger partial charge in [-0.1, -0.05) is 0 Å². The van der Waals surface area contributed by atoms with Crippen molar-refractivity contribution in [3.63, 3.8) is 0 Å². The largest absolute Gasteiger partial charge is 0.480 e. The lowest BCUT2D eigenvalue weighted by Crippen LogP contribution is -2.57. The van der Waals surface area contributed by atoms with Crippen LogP contribution in [0.5, 0.6) is 0 Å². The molecule has 7 heteroatoms. The van der Waals surface area contributed by atoms with Crippen molar-refractivity contribution in [1.82, 2.24) is 5.32 Å². The molecule has 1 aliphatic heterocycles. The van der Waals surface area contributed by atoms with Gasteiger partial charge in [-0.05, 0) is 13.0 Å². The third kappa shape index (κ3) is 1.49. The van der Waals surface area contributed by atoms with Crippen LogP contribution in [0.4, 0.5) is 13.2 Å². The highest BCUT2D eigenvalue weighted by molar-refractivity contribution is 5.76. The molecule has 0 amide bonds. The van der Waals surface area contributed by atoms with Gasteiger partial charge in [0.1, 0.15) is 6.04 Å². The van der Waals surface area contributed by atoms with Gasteiger partial charge in [0, 0.05) is 0 Å². The number of carbonyl (C=O) groups is 1. The molecule has 1 fully saturated rings. The van der Waals surface area contributed by atoms with Crippen LogP contribution in [0.25, 0.3) is 0 Å². The molecule has 3 N–H and O–H groups in total. The second-order valence-corrected chi connectivity index (χ2v) is 2.90. The molecule has 0 radical (unpaired) electrons. The SMILES string of the molecule is O=C(O)[C@@H]1NCC[C@]1(O)C(F)(F)F. The first-order valence-electron chi connectivity index (χ1n) is 3.54. The third-order valence-electron chi connectivity index (χ3n) is 2.07. The van der Waals surface area contributed by atoms with E-state index in [1.54, 1.807) is 0 Å². The summed E-state index contributed by atoms with van der Waals surface area (Å²) in [5, 5.41) is 19.6. The van der Waals surface area contributed by atoms with Gasteiger partial charge in [0.25, 0.3) is 0 Å². The minimum absolute atomic E-state index is 0.160. The van der Waals surface area contributed by atoms with Crippen molar-refractivity contribution in [3.8, 4) is 0 Å². The van der Waals surface area contributed by atoms with E-state index in [0.29, 0.717) is 0 Å². The third-order valence-corrected chi connectivity index (χ3v) is 2.07. The average Bonchev–Trinajstić information content (AvgIpc) is 2.30. The predicted molar refractivity (Wildman–Crippen MR) is 35.0 cm³/mol. The van der Waals surface area contributed by atoms with Crippen LogP contribution in [0.2, 0.25) is 0 Å². The second kappa shape index (κ2) is 2.85. The topological polar surface area (TPSA) is 69.6 Å². The molecule has 1 aliphatic rings. The molecule has 1 heterocycles. The zero-order chi connectivity index (χ0) is 10.3. The Morgan fingerprint density at radius 2 is 2.08 bits per heavy atom. The first-order valence-corrected chi connectivity index (χ1v) is 3.54. The van der Waals surface area contributed by atoms with Crippen molar-refractivity contribution in [2.24, 2.45) is 0 Å². The van der Waals surface area contributed by atoms with Crippen LogP contribution in [-0.2, 0) is 4.79 Å². The average molecular weight is 199 g/mol. The smallest absolute Gasteiger partial charge is 0.419 e. The zero-order valence-corrected chi connectivity index (χ0v) is 6.43. The van der Waals surface area contributed by atoms with Crippen molar-refractivity contribution < 1.29 is 28.2 Å². The fourth-order valence-corrected chi connectivity index (χ4v) is 1.32. The molecule has 0 bridgehead atoms. The molecule has 1 saturated heterocycles. The maximum Gasteiger partial charge on any atom is 0.419 e. The highest BCUT2D eigenvalue weighted by Gasteiger charge is 2.63.